The molecule has 6 heteroatoms. The first-order valence-electron chi connectivity index (χ1n) is 7.95. The Bertz CT molecular complexity index is 750. The van der Waals surface area contributed by atoms with Crippen LogP contribution < -0.4 is 0 Å². The number of hydrogen-bond acceptors (Lipinski definition) is 3. The number of sulfonamides is 1. The summed E-state index contributed by atoms with van der Waals surface area (Å²) in [7, 11) is 2.12. The van der Waals surface area contributed by atoms with Gasteiger partial charge in [-0.2, -0.15) is 0 Å². The molecule has 0 radical (unpaired) electrons. The van der Waals surface area contributed by atoms with E-state index in [1.165, 1.54) is 20.9 Å². The molecule has 0 unspecified atom stereocenters. The van der Waals surface area contributed by atoms with Gasteiger partial charge in [0.25, 0.3) is 0 Å². The molecule has 23 heavy (non-hydrogen) atoms. The maximum Gasteiger partial charge on any atom is 0.213 e. The summed E-state index contributed by atoms with van der Waals surface area (Å²) in [5, 5.41) is 1.27. The first-order chi connectivity index (χ1) is 10.8. The van der Waals surface area contributed by atoms with Crippen LogP contribution in [0.4, 0.5) is 0 Å². The predicted molar refractivity (Wildman–Crippen MR) is 96.3 cm³/mol. The molecule has 0 fully saturated rings. The number of nitrogens with zero attached hydrogens (tertiary/aromatic N) is 3. The second-order valence-corrected chi connectivity index (χ2v) is 8.55. The fraction of sp³-hybridized carbons (Fsp3) is 0.529. The van der Waals surface area contributed by atoms with Crippen LogP contribution in [0.15, 0.2) is 30.3 Å². The van der Waals surface area contributed by atoms with Gasteiger partial charge in [-0.3, -0.25) is 0 Å². The van der Waals surface area contributed by atoms with E-state index in [2.05, 4.69) is 46.7 Å². The number of benzene rings is 1. The van der Waals surface area contributed by atoms with Crippen LogP contribution in [0.3, 0.4) is 0 Å². The second-order valence-electron chi connectivity index (χ2n) is 6.25. The van der Waals surface area contributed by atoms with Crippen molar-refractivity contribution in [2.45, 2.75) is 19.9 Å². The summed E-state index contributed by atoms with van der Waals surface area (Å²) in [6, 6.07) is 10.6. The molecule has 2 aromatic rings. The first-order valence-corrected chi connectivity index (χ1v) is 9.56. The number of likely N-dealkylation sites (N-methyl/N-ethyl adjacent to an activating group) is 1. The van der Waals surface area contributed by atoms with Gasteiger partial charge in [-0.25, -0.2) is 12.7 Å². The van der Waals surface area contributed by atoms with Crippen molar-refractivity contribution in [1.82, 2.24) is 13.8 Å². The summed E-state index contributed by atoms with van der Waals surface area (Å²) in [5.74, 6) is 0.204. The van der Waals surface area contributed by atoms with Gasteiger partial charge < -0.3 is 9.47 Å². The highest BCUT2D eigenvalue weighted by atomic mass is 32.2. The Kier molecular flexibility index (Phi) is 5.84. The van der Waals surface area contributed by atoms with Gasteiger partial charge in [0.15, 0.2) is 0 Å². The molecule has 0 aliphatic rings. The molecule has 0 saturated heterocycles. The SMILES string of the molecule is Cc1cc2ccccc2n1CCN(C)CCCS(=O)(=O)N(C)C. The molecule has 1 heterocycles. The number of rotatable bonds is 8. The lowest BCUT2D eigenvalue weighted by Gasteiger charge is -2.19. The van der Waals surface area contributed by atoms with Crippen LogP contribution in [0.2, 0.25) is 0 Å². The minimum absolute atomic E-state index is 0.204. The van der Waals surface area contributed by atoms with E-state index < -0.39 is 10.0 Å². The van der Waals surface area contributed by atoms with E-state index in [0.717, 1.165) is 19.6 Å². The maximum atomic E-state index is 11.8. The van der Waals surface area contributed by atoms with Gasteiger partial charge in [0.2, 0.25) is 10.0 Å². The molecular formula is C17H27N3O2S. The summed E-state index contributed by atoms with van der Waals surface area (Å²) in [5.41, 5.74) is 2.52. The molecular weight excluding hydrogens is 310 g/mol. The zero-order valence-electron chi connectivity index (χ0n) is 14.5. The Labute approximate surface area is 139 Å². The third-order valence-corrected chi connectivity index (χ3v) is 6.14. The lowest BCUT2D eigenvalue weighted by molar-refractivity contribution is 0.320. The van der Waals surface area contributed by atoms with Crippen molar-refractivity contribution in [2.75, 3.05) is 40.0 Å². The topological polar surface area (TPSA) is 45.6 Å². The monoisotopic (exact) mass is 337 g/mol. The second kappa shape index (κ2) is 7.47. The molecule has 0 aliphatic carbocycles. The summed E-state index contributed by atoms with van der Waals surface area (Å²) >= 11 is 0. The number of fused-ring (bicyclic) bond motifs is 1. The van der Waals surface area contributed by atoms with Gasteiger partial charge in [-0.15, -0.1) is 0 Å². The van der Waals surface area contributed by atoms with Crippen molar-refractivity contribution in [2.24, 2.45) is 0 Å². The molecule has 0 atom stereocenters. The van der Waals surface area contributed by atoms with E-state index in [0.29, 0.717) is 6.42 Å². The zero-order chi connectivity index (χ0) is 17.0. The van der Waals surface area contributed by atoms with E-state index >= 15 is 0 Å². The highest BCUT2D eigenvalue weighted by Crippen LogP contribution is 2.18. The number of aryl methyl sites for hydroxylation is 1. The zero-order valence-corrected chi connectivity index (χ0v) is 15.3. The Morgan fingerprint density at radius 2 is 1.78 bits per heavy atom. The van der Waals surface area contributed by atoms with Gasteiger partial charge in [-0.1, -0.05) is 18.2 Å². The Morgan fingerprint density at radius 1 is 1.09 bits per heavy atom. The van der Waals surface area contributed by atoms with Crippen molar-refractivity contribution >= 4 is 20.9 Å². The molecule has 5 nitrogen and oxygen atoms in total. The minimum atomic E-state index is -3.09. The van der Waals surface area contributed by atoms with Gasteiger partial charge in [-0.05, 0) is 44.5 Å². The quantitative estimate of drug-likeness (QED) is 0.741. The van der Waals surface area contributed by atoms with Crippen molar-refractivity contribution in [3.8, 4) is 0 Å². The molecule has 0 amide bonds. The molecule has 0 bridgehead atoms. The van der Waals surface area contributed by atoms with Crippen LogP contribution >= 0.6 is 0 Å². The molecule has 0 aliphatic heterocycles. The molecule has 128 valence electrons. The normalized spacial score (nSPS) is 12.6. The molecule has 0 N–H and O–H groups in total. The highest BCUT2D eigenvalue weighted by Gasteiger charge is 2.13. The van der Waals surface area contributed by atoms with Crippen LogP contribution in [-0.2, 0) is 16.6 Å². The van der Waals surface area contributed by atoms with E-state index in [9.17, 15) is 8.42 Å². The van der Waals surface area contributed by atoms with Crippen molar-refractivity contribution in [3.63, 3.8) is 0 Å². The van der Waals surface area contributed by atoms with Crippen molar-refractivity contribution in [1.29, 1.82) is 0 Å². The Hall–Kier alpha value is -1.37. The van der Waals surface area contributed by atoms with Gasteiger partial charge >= 0.3 is 0 Å². The lowest BCUT2D eigenvalue weighted by Crippen LogP contribution is -2.29. The number of para-hydroxylation sites is 1. The third kappa shape index (κ3) is 4.56. The van der Waals surface area contributed by atoms with E-state index in [-0.39, 0.29) is 5.75 Å². The van der Waals surface area contributed by atoms with Crippen LogP contribution in [0.25, 0.3) is 10.9 Å². The highest BCUT2D eigenvalue weighted by molar-refractivity contribution is 7.89. The van der Waals surface area contributed by atoms with Gasteiger partial charge in [0.05, 0.1) is 5.75 Å². The van der Waals surface area contributed by atoms with Crippen LogP contribution in [0, 0.1) is 6.92 Å². The minimum Gasteiger partial charge on any atom is -0.344 e. The third-order valence-electron chi connectivity index (χ3n) is 4.22. The number of aromatic nitrogens is 1. The smallest absolute Gasteiger partial charge is 0.213 e. The Balaban J connectivity index is 1.87. The molecule has 0 spiro atoms. The van der Waals surface area contributed by atoms with Gasteiger partial charge in [0.1, 0.15) is 0 Å². The average Bonchev–Trinajstić information content (AvgIpc) is 2.80. The van der Waals surface area contributed by atoms with E-state index in [1.807, 2.05) is 7.05 Å². The average molecular weight is 337 g/mol. The summed E-state index contributed by atoms with van der Waals surface area (Å²) in [4.78, 5) is 2.19. The summed E-state index contributed by atoms with van der Waals surface area (Å²) in [6.45, 7) is 4.73. The summed E-state index contributed by atoms with van der Waals surface area (Å²) < 4.78 is 27.1. The predicted octanol–water partition coefficient (Wildman–Crippen LogP) is 2.16. The largest absolute Gasteiger partial charge is 0.344 e. The molecule has 0 saturated carbocycles. The molecule has 1 aromatic carbocycles. The van der Waals surface area contributed by atoms with Crippen molar-refractivity contribution < 1.29 is 8.42 Å². The Morgan fingerprint density at radius 3 is 2.48 bits per heavy atom. The van der Waals surface area contributed by atoms with E-state index in [4.69, 9.17) is 0 Å². The lowest BCUT2D eigenvalue weighted by atomic mass is 10.2. The molecule has 1 aromatic heterocycles. The van der Waals surface area contributed by atoms with E-state index in [1.54, 1.807) is 14.1 Å². The first kappa shape index (κ1) is 18.0. The van der Waals surface area contributed by atoms with Crippen LogP contribution in [-0.4, -0.2) is 62.2 Å². The molecule has 2 rings (SSSR count). The van der Waals surface area contributed by atoms with Crippen LogP contribution in [0.5, 0.6) is 0 Å². The fourth-order valence-electron chi connectivity index (χ4n) is 2.73. The van der Waals surface area contributed by atoms with Crippen LogP contribution in [0.1, 0.15) is 12.1 Å². The summed E-state index contributed by atoms with van der Waals surface area (Å²) in [6.07, 6.45) is 0.655. The standard InChI is InChI=1S/C17H27N3O2S/c1-15-14-16-8-5-6-9-17(16)20(15)12-11-19(4)10-7-13-23(21,22)18(2)3/h5-6,8-9,14H,7,10-13H2,1-4H3. The maximum absolute atomic E-state index is 11.8. The number of hydrogen-bond donors (Lipinski definition) is 0. The van der Waals surface area contributed by atoms with Gasteiger partial charge in [0, 0.05) is 38.4 Å². The van der Waals surface area contributed by atoms with Crippen molar-refractivity contribution in [3.05, 3.63) is 36.0 Å². The fourth-order valence-corrected chi connectivity index (χ4v) is 3.59.